The third-order valence-corrected chi connectivity index (χ3v) is 12.8. The van der Waals surface area contributed by atoms with E-state index < -0.39 is 8.32 Å². The maximum atomic E-state index is 7.18. The van der Waals surface area contributed by atoms with Crippen molar-refractivity contribution < 1.29 is 23.4 Å². The number of halogens is 1. The van der Waals surface area contributed by atoms with Crippen LogP contribution < -0.4 is 10.4 Å². The molecule has 1 heterocycles. The molecule has 0 saturated carbocycles. The Morgan fingerprint density at radius 1 is 0.971 bits per heavy atom. The van der Waals surface area contributed by atoms with E-state index >= 15 is 0 Å². The Morgan fingerprint density at radius 2 is 1.51 bits per heavy atom. The minimum atomic E-state index is -2.72. The van der Waals surface area contributed by atoms with Crippen LogP contribution in [0.3, 0.4) is 0 Å². The zero-order valence-electron chi connectivity index (χ0n) is 22.1. The van der Waals surface area contributed by atoms with Crippen molar-refractivity contribution in [2.45, 2.75) is 64.1 Å². The lowest BCUT2D eigenvalue weighted by Crippen LogP contribution is -2.67. The smallest absolute Gasteiger partial charge is 0.261 e. The lowest BCUT2D eigenvalue weighted by Gasteiger charge is -2.44. The maximum Gasteiger partial charge on any atom is 0.261 e. The Kier molecular flexibility index (Phi) is 9.76. The molecule has 1 aliphatic heterocycles. The summed E-state index contributed by atoms with van der Waals surface area (Å²) >= 11 is 3.63. The standard InChI is InChI=1S/C28H41BrO5Si/c1-27(2,3)35(21-14-10-8-11-15-21,22-16-12-9-13-17-22)33-19-23(32-20-30-6)25-26(31-7)28(4,5)24(18-29)34-25/h8-17,23-26H,18-20H2,1-7H3/t23-,24?,25+,26-/m1/s1. The molecular formula is C28H41BrO5Si. The van der Waals surface area contributed by atoms with Gasteiger partial charge in [0, 0.05) is 25.0 Å². The van der Waals surface area contributed by atoms with Crippen LogP contribution in [0.5, 0.6) is 0 Å². The van der Waals surface area contributed by atoms with Crippen molar-refractivity contribution in [3.8, 4) is 0 Å². The summed E-state index contributed by atoms with van der Waals surface area (Å²) in [5.74, 6) is 0. The molecule has 35 heavy (non-hydrogen) atoms. The topological polar surface area (TPSA) is 46.2 Å². The molecule has 5 nitrogen and oxygen atoms in total. The number of hydrogen-bond donors (Lipinski definition) is 0. The molecular weight excluding hydrogens is 524 g/mol. The number of methoxy groups -OCH3 is 2. The maximum absolute atomic E-state index is 7.18. The van der Waals surface area contributed by atoms with Crippen LogP contribution in [0.25, 0.3) is 0 Å². The third kappa shape index (κ3) is 5.77. The lowest BCUT2D eigenvalue weighted by molar-refractivity contribution is -0.152. The van der Waals surface area contributed by atoms with Gasteiger partial charge in [0.05, 0.1) is 18.8 Å². The zero-order chi connectivity index (χ0) is 25.7. The number of benzene rings is 2. The highest BCUT2D eigenvalue weighted by Crippen LogP contribution is 2.43. The molecule has 194 valence electrons. The Hall–Kier alpha value is -1.06. The fourth-order valence-corrected chi connectivity index (χ4v) is 10.9. The van der Waals surface area contributed by atoms with Gasteiger partial charge in [-0.05, 0) is 15.4 Å². The summed E-state index contributed by atoms with van der Waals surface area (Å²) in [6, 6.07) is 21.3. The highest BCUT2D eigenvalue weighted by Gasteiger charge is 2.55. The molecule has 2 aromatic carbocycles. The monoisotopic (exact) mass is 564 g/mol. The number of ether oxygens (including phenoxy) is 4. The van der Waals surface area contributed by atoms with E-state index in [0.717, 1.165) is 5.33 Å². The summed E-state index contributed by atoms with van der Waals surface area (Å²) in [4.78, 5) is 0. The van der Waals surface area contributed by atoms with Crippen LogP contribution in [0, 0.1) is 5.41 Å². The van der Waals surface area contributed by atoms with Gasteiger partial charge >= 0.3 is 0 Å². The Morgan fingerprint density at radius 3 is 1.94 bits per heavy atom. The Balaban J connectivity index is 2.03. The van der Waals surface area contributed by atoms with E-state index in [1.54, 1.807) is 14.2 Å². The van der Waals surface area contributed by atoms with E-state index in [4.69, 9.17) is 23.4 Å². The fourth-order valence-electron chi connectivity index (χ4n) is 5.36. The molecule has 0 bridgehead atoms. The van der Waals surface area contributed by atoms with Crippen molar-refractivity contribution >= 4 is 34.6 Å². The molecule has 0 aromatic heterocycles. The predicted octanol–water partition coefficient (Wildman–Crippen LogP) is 4.76. The first-order valence-corrected chi connectivity index (χ1v) is 15.3. The summed E-state index contributed by atoms with van der Waals surface area (Å²) in [5.41, 5.74) is -0.186. The Labute approximate surface area is 220 Å². The third-order valence-electron chi connectivity index (χ3n) is 7.22. The van der Waals surface area contributed by atoms with E-state index in [0.29, 0.717) is 6.61 Å². The lowest BCUT2D eigenvalue weighted by atomic mass is 9.81. The first-order chi connectivity index (χ1) is 16.6. The van der Waals surface area contributed by atoms with Crippen LogP contribution in [0.1, 0.15) is 34.6 Å². The molecule has 0 radical (unpaired) electrons. The van der Waals surface area contributed by atoms with Crippen molar-refractivity contribution in [1.29, 1.82) is 0 Å². The van der Waals surface area contributed by atoms with E-state index in [1.165, 1.54) is 10.4 Å². The van der Waals surface area contributed by atoms with Crippen LogP contribution in [0.15, 0.2) is 60.7 Å². The van der Waals surface area contributed by atoms with Crippen LogP contribution in [0.2, 0.25) is 5.04 Å². The van der Waals surface area contributed by atoms with E-state index in [-0.39, 0.29) is 41.7 Å². The highest BCUT2D eigenvalue weighted by molar-refractivity contribution is 9.09. The quantitative estimate of drug-likeness (QED) is 0.224. The minimum Gasteiger partial charge on any atom is -0.405 e. The molecule has 1 saturated heterocycles. The summed E-state index contributed by atoms with van der Waals surface area (Å²) in [6.45, 7) is 11.7. The molecule has 0 amide bonds. The first-order valence-electron chi connectivity index (χ1n) is 12.2. The van der Waals surface area contributed by atoms with Crippen LogP contribution in [0.4, 0.5) is 0 Å². The number of hydrogen-bond acceptors (Lipinski definition) is 5. The van der Waals surface area contributed by atoms with Gasteiger partial charge in [-0.3, -0.25) is 0 Å². The van der Waals surface area contributed by atoms with E-state index in [1.807, 2.05) is 0 Å². The van der Waals surface area contributed by atoms with E-state index in [2.05, 4.69) is 111 Å². The average molecular weight is 566 g/mol. The fraction of sp³-hybridized carbons (Fsp3) is 0.571. The minimum absolute atomic E-state index is 0.000963. The molecule has 1 fully saturated rings. The number of alkyl halides is 1. The van der Waals surface area contributed by atoms with Crippen LogP contribution in [-0.2, 0) is 23.4 Å². The Bertz CT molecular complexity index is 863. The van der Waals surface area contributed by atoms with Crippen molar-refractivity contribution in [3.05, 3.63) is 60.7 Å². The predicted molar refractivity (Wildman–Crippen MR) is 147 cm³/mol. The summed E-state index contributed by atoms with van der Waals surface area (Å²) < 4.78 is 31.2. The molecule has 0 spiro atoms. The van der Waals surface area contributed by atoms with Gasteiger partial charge in [-0.2, -0.15) is 0 Å². The van der Waals surface area contributed by atoms with Crippen molar-refractivity contribution in [2.24, 2.45) is 5.41 Å². The molecule has 3 rings (SSSR count). The molecule has 1 aliphatic rings. The molecule has 4 atom stereocenters. The summed E-state index contributed by atoms with van der Waals surface area (Å²) in [6.07, 6.45) is -0.788. The van der Waals surface area contributed by atoms with Gasteiger partial charge in [-0.25, -0.2) is 0 Å². The average Bonchev–Trinajstić information content (AvgIpc) is 3.10. The second kappa shape index (κ2) is 12.0. The first kappa shape index (κ1) is 28.5. The summed E-state index contributed by atoms with van der Waals surface area (Å²) in [5, 5.41) is 3.07. The molecule has 7 heteroatoms. The normalized spacial score (nSPS) is 23.4. The summed E-state index contributed by atoms with van der Waals surface area (Å²) in [7, 11) is 0.657. The van der Waals surface area contributed by atoms with Crippen LogP contribution in [-0.4, -0.2) is 65.7 Å². The molecule has 1 unspecified atom stereocenters. The largest absolute Gasteiger partial charge is 0.405 e. The van der Waals surface area contributed by atoms with Crippen LogP contribution >= 0.6 is 15.9 Å². The molecule has 0 aliphatic carbocycles. The second-order valence-corrected chi connectivity index (χ2v) is 15.8. The highest BCUT2D eigenvalue weighted by atomic mass is 79.9. The van der Waals surface area contributed by atoms with Crippen molar-refractivity contribution in [3.63, 3.8) is 0 Å². The van der Waals surface area contributed by atoms with Gasteiger partial charge < -0.3 is 23.4 Å². The van der Waals surface area contributed by atoms with Gasteiger partial charge in [0.15, 0.2) is 0 Å². The van der Waals surface area contributed by atoms with Crippen molar-refractivity contribution in [1.82, 2.24) is 0 Å². The van der Waals surface area contributed by atoms with Gasteiger partial charge in [0.2, 0.25) is 0 Å². The SMILES string of the molecule is COCO[C@H](CO[Si](c1ccccc1)(c1ccccc1)C(C)(C)C)[C@@H]1OC(CBr)C(C)(C)[C@@H]1OC. The number of rotatable bonds is 11. The second-order valence-electron chi connectivity index (χ2n) is 10.8. The van der Waals surface area contributed by atoms with Gasteiger partial charge in [0.25, 0.3) is 8.32 Å². The zero-order valence-corrected chi connectivity index (χ0v) is 24.7. The molecule has 2 aromatic rings. The molecule has 0 N–H and O–H groups in total. The van der Waals surface area contributed by atoms with Gasteiger partial charge in [-0.1, -0.05) is 111 Å². The van der Waals surface area contributed by atoms with Gasteiger partial charge in [-0.15, -0.1) is 0 Å². The van der Waals surface area contributed by atoms with E-state index in [9.17, 15) is 0 Å². The van der Waals surface area contributed by atoms with Crippen molar-refractivity contribution in [2.75, 3.05) is 32.9 Å². The van der Waals surface area contributed by atoms with Gasteiger partial charge in [0.1, 0.15) is 19.0 Å².